The van der Waals surface area contributed by atoms with E-state index < -0.39 is 22.5 Å². The van der Waals surface area contributed by atoms with Crippen molar-refractivity contribution in [2.24, 2.45) is 0 Å². The largest absolute Gasteiger partial charge is 0.416 e. The Hall–Kier alpha value is -0.880. The number of hydrogen-bond donors (Lipinski definition) is 1. The summed E-state index contributed by atoms with van der Waals surface area (Å²) in [7, 11) is 0.327. The van der Waals surface area contributed by atoms with Crippen LogP contribution in [0.5, 0.6) is 0 Å². The van der Waals surface area contributed by atoms with Crippen LogP contribution in [-0.2, 0) is 17.0 Å². The second-order valence-electron chi connectivity index (χ2n) is 3.93. The van der Waals surface area contributed by atoms with E-state index in [1.54, 1.807) is 7.05 Å². The quantitative estimate of drug-likeness (QED) is 0.898. The van der Waals surface area contributed by atoms with E-state index >= 15 is 0 Å². The van der Waals surface area contributed by atoms with Crippen LogP contribution < -0.4 is 5.32 Å². The van der Waals surface area contributed by atoms with Crippen LogP contribution in [0.2, 0.25) is 0 Å². The first-order valence-corrected chi connectivity index (χ1v) is 6.93. The maximum absolute atomic E-state index is 12.5. The number of rotatable bonds is 5. The Balaban J connectivity index is 2.87. The van der Waals surface area contributed by atoms with Crippen molar-refractivity contribution in [1.82, 2.24) is 5.32 Å². The minimum atomic E-state index is -4.40. The lowest BCUT2D eigenvalue weighted by molar-refractivity contribution is -0.137. The first-order valence-electron chi connectivity index (χ1n) is 5.61. The summed E-state index contributed by atoms with van der Waals surface area (Å²) in [4.78, 5) is 0.221. The molecule has 0 radical (unpaired) electrons. The van der Waals surface area contributed by atoms with E-state index in [-0.39, 0.29) is 10.9 Å². The van der Waals surface area contributed by atoms with Gasteiger partial charge < -0.3 is 5.32 Å². The van der Waals surface area contributed by atoms with Crippen molar-refractivity contribution in [3.63, 3.8) is 0 Å². The first kappa shape index (κ1) is 15.2. The van der Waals surface area contributed by atoms with Gasteiger partial charge in [0.1, 0.15) is 0 Å². The molecule has 0 aliphatic rings. The van der Waals surface area contributed by atoms with Gasteiger partial charge in [0.2, 0.25) is 0 Å². The Morgan fingerprint density at radius 2 is 2.06 bits per heavy atom. The highest BCUT2D eigenvalue weighted by Gasteiger charge is 2.30. The number of hydrogen-bond acceptors (Lipinski definition) is 2. The molecular formula is C12H16F3NOS. The van der Waals surface area contributed by atoms with E-state index in [0.29, 0.717) is 5.75 Å². The SMILES string of the molecule is CCC(CS(=O)c1cccc(C(F)(F)F)c1)NC. The standard InChI is InChI=1S/C12H16F3NOS/c1-3-10(16-2)8-18(17)11-6-4-5-9(7-11)12(13,14)15/h4-7,10,16H,3,8H2,1-2H3. The van der Waals surface area contributed by atoms with Crippen LogP contribution in [0, 0.1) is 0 Å². The minimum Gasteiger partial charge on any atom is -0.316 e. The van der Waals surface area contributed by atoms with Crippen molar-refractivity contribution in [2.75, 3.05) is 12.8 Å². The summed E-state index contributed by atoms with van der Waals surface area (Å²) in [5, 5.41) is 2.98. The lowest BCUT2D eigenvalue weighted by Gasteiger charge is -2.14. The zero-order valence-corrected chi connectivity index (χ0v) is 11.1. The molecule has 1 aromatic carbocycles. The zero-order chi connectivity index (χ0) is 13.8. The summed E-state index contributed by atoms with van der Waals surface area (Å²) in [5.41, 5.74) is -0.758. The van der Waals surface area contributed by atoms with Crippen molar-refractivity contribution in [3.05, 3.63) is 29.8 Å². The number of halogens is 3. The minimum absolute atomic E-state index is 0.0420. The number of nitrogens with one attached hydrogen (secondary N) is 1. The van der Waals surface area contributed by atoms with Gasteiger partial charge >= 0.3 is 6.18 Å². The predicted molar refractivity (Wildman–Crippen MR) is 65.9 cm³/mol. The van der Waals surface area contributed by atoms with Crippen molar-refractivity contribution in [1.29, 1.82) is 0 Å². The fourth-order valence-electron chi connectivity index (χ4n) is 1.50. The van der Waals surface area contributed by atoms with Gasteiger partial charge in [0, 0.05) is 16.7 Å². The molecule has 0 amide bonds. The second kappa shape index (κ2) is 6.33. The summed E-state index contributed by atoms with van der Waals surface area (Å²) in [5.74, 6) is 0.314. The van der Waals surface area contributed by atoms with Crippen LogP contribution in [0.4, 0.5) is 13.2 Å². The summed E-state index contributed by atoms with van der Waals surface area (Å²) in [6, 6.07) is 4.74. The third-order valence-corrected chi connectivity index (χ3v) is 4.16. The predicted octanol–water partition coefficient (Wildman–Crippen LogP) is 2.81. The summed E-state index contributed by atoms with van der Waals surface area (Å²) >= 11 is 0. The topological polar surface area (TPSA) is 29.1 Å². The van der Waals surface area contributed by atoms with E-state index in [9.17, 15) is 17.4 Å². The molecule has 0 aliphatic heterocycles. The van der Waals surface area contributed by atoms with Gasteiger partial charge in [-0.25, -0.2) is 0 Å². The zero-order valence-electron chi connectivity index (χ0n) is 10.3. The van der Waals surface area contributed by atoms with Gasteiger partial charge in [0.05, 0.1) is 16.4 Å². The summed E-state index contributed by atoms with van der Waals surface area (Å²) in [6.45, 7) is 1.94. The van der Waals surface area contributed by atoms with Crippen molar-refractivity contribution >= 4 is 10.8 Å². The Labute approximate surface area is 107 Å². The Morgan fingerprint density at radius 1 is 1.39 bits per heavy atom. The van der Waals surface area contributed by atoms with E-state index in [1.165, 1.54) is 12.1 Å². The van der Waals surface area contributed by atoms with Gasteiger partial charge in [-0.05, 0) is 31.7 Å². The van der Waals surface area contributed by atoms with Gasteiger partial charge in [-0.3, -0.25) is 4.21 Å². The molecule has 0 aromatic heterocycles. The van der Waals surface area contributed by atoms with Gasteiger partial charge in [-0.15, -0.1) is 0 Å². The number of benzene rings is 1. The molecule has 0 saturated carbocycles. The van der Waals surface area contributed by atoms with Crippen molar-refractivity contribution in [3.8, 4) is 0 Å². The average molecular weight is 279 g/mol. The molecule has 0 saturated heterocycles. The Bertz CT molecular complexity index is 416. The van der Waals surface area contributed by atoms with Crippen molar-refractivity contribution < 1.29 is 17.4 Å². The normalized spacial score (nSPS) is 15.4. The molecule has 0 aliphatic carbocycles. The monoisotopic (exact) mass is 279 g/mol. The third kappa shape index (κ3) is 4.10. The molecule has 0 bridgehead atoms. The Kier molecular flexibility index (Phi) is 5.34. The molecule has 0 fully saturated rings. The third-order valence-electron chi connectivity index (χ3n) is 2.68. The molecule has 1 rings (SSSR count). The summed E-state index contributed by atoms with van der Waals surface area (Å²) < 4.78 is 49.5. The van der Waals surface area contributed by atoms with Crippen molar-refractivity contribution in [2.45, 2.75) is 30.5 Å². The molecule has 18 heavy (non-hydrogen) atoms. The fourth-order valence-corrected chi connectivity index (χ4v) is 2.95. The van der Waals surface area contributed by atoms with Gasteiger partial charge in [0.15, 0.2) is 0 Å². The van der Waals surface area contributed by atoms with Crippen LogP contribution in [0.1, 0.15) is 18.9 Å². The molecule has 0 spiro atoms. The first-order chi connectivity index (χ1) is 8.38. The molecule has 2 nitrogen and oxygen atoms in total. The molecule has 6 heteroatoms. The lowest BCUT2D eigenvalue weighted by Crippen LogP contribution is -2.30. The smallest absolute Gasteiger partial charge is 0.316 e. The Morgan fingerprint density at radius 3 is 2.56 bits per heavy atom. The molecule has 1 N–H and O–H groups in total. The molecule has 2 atom stereocenters. The van der Waals surface area contributed by atoms with Gasteiger partial charge in [-0.1, -0.05) is 13.0 Å². The van der Waals surface area contributed by atoms with Crippen LogP contribution in [0.3, 0.4) is 0 Å². The maximum atomic E-state index is 12.5. The molecular weight excluding hydrogens is 263 g/mol. The number of alkyl halides is 3. The van der Waals surface area contributed by atoms with E-state index in [4.69, 9.17) is 0 Å². The highest BCUT2D eigenvalue weighted by atomic mass is 32.2. The van der Waals surface area contributed by atoms with E-state index in [0.717, 1.165) is 18.6 Å². The van der Waals surface area contributed by atoms with Gasteiger partial charge in [-0.2, -0.15) is 13.2 Å². The second-order valence-corrected chi connectivity index (χ2v) is 5.43. The molecule has 102 valence electrons. The van der Waals surface area contributed by atoms with Crippen LogP contribution in [0.25, 0.3) is 0 Å². The summed E-state index contributed by atoms with van der Waals surface area (Å²) in [6.07, 6.45) is -3.62. The lowest BCUT2D eigenvalue weighted by atomic mass is 10.2. The molecule has 2 unspecified atom stereocenters. The van der Waals surface area contributed by atoms with Gasteiger partial charge in [0.25, 0.3) is 0 Å². The van der Waals surface area contributed by atoms with E-state index in [2.05, 4.69) is 5.32 Å². The molecule has 1 aromatic rings. The fraction of sp³-hybridized carbons (Fsp3) is 0.500. The van der Waals surface area contributed by atoms with Crippen LogP contribution in [0.15, 0.2) is 29.2 Å². The van der Waals surface area contributed by atoms with Crippen LogP contribution in [-0.4, -0.2) is 23.1 Å². The maximum Gasteiger partial charge on any atom is 0.416 e. The highest BCUT2D eigenvalue weighted by molar-refractivity contribution is 7.85. The highest BCUT2D eigenvalue weighted by Crippen LogP contribution is 2.30. The average Bonchev–Trinajstić information content (AvgIpc) is 2.34. The van der Waals surface area contributed by atoms with E-state index in [1.807, 2.05) is 6.92 Å². The molecule has 0 heterocycles. The van der Waals surface area contributed by atoms with Crippen LogP contribution >= 0.6 is 0 Å².